The second-order valence-electron chi connectivity index (χ2n) is 2.66. The van der Waals surface area contributed by atoms with Crippen molar-refractivity contribution in [2.75, 3.05) is 24.3 Å². The van der Waals surface area contributed by atoms with Gasteiger partial charge in [-0.1, -0.05) is 4.48 Å². The van der Waals surface area contributed by atoms with Gasteiger partial charge in [-0.2, -0.15) is 18.9 Å². The van der Waals surface area contributed by atoms with Crippen molar-refractivity contribution in [2.45, 2.75) is 0 Å². The molecule has 0 saturated carbocycles. The second kappa shape index (κ2) is 3.87. The molecule has 8 heteroatoms. The molecule has 0 saturated heterocycles. The van der Waals surface area contributed by atoms with E-state index in [0.717, 1.165) is 0 Å². The Kier molecular flexibility index (Phi) is 2.96. The van der Waals surface area contributed by atoms with Crippen molar-refractivity contribution in [3.63, 3.8) is 0 Å². The van der Waals surface area contributed by atoms with Gasteiger partial charge in [0.2, 0.25) is 5.82 Å². The lowest BCUT2D eigenvalue weighted by Crippen LogP contribution is -2.16. The van der Waals surface area contributed by atoms with E-state index in [1.54, 1.807) is 0 Å². The van der Waals surface area contributed by atoms with E-state index in [-0.39, 0.29) is 5.12 Å². The zero-order chi connectivity index (χ0) is 11.7. The number of hydrogen-bond donors (Lipinski definition) is 0. The first kappa shape index (κ1) is 11.5. The van der Waals surface area contributed by atoms with Gasteiger partial charge in [0.15, 0.2) is 11.6 Å². The molecule has 1 rings (SSSR count). The molecule has 3 nitrogen and oxygen atoms in total. The highest BCUT2D eigenvalue weighted by Crippen LogP contribution is 2.30. The van der Waals surface area contributed by atoms with Gasteiger partial charge >= 0.3 is 0 Å². The Bertz CT molecular complexity index is 379. The van der Waals surface area contributed by atoms with Gasteiger partial charge in [0.25, 0.3) is 5.95 Å². The van der Waals surface area contributed by atoms with Crippen LogP contribution >= 0.6 is 0 Å². The lowest BCUT2D eigenvalue weighted by Gasteiger charge is -2.14. The third-order valence-electron chi connectivity index (χ3n) is 1.60. The fourth-order valence-corrected chi connectivity index (χ4v) is 0.966. The maximum atomic E-state index is 13.2. The van der Waals surface area contributed by atoms with Gasteiger partial charge < -0.3 is 0 Å². The van der Waals surface area contributed by atoms with Crippen LogP contribution in [0.3, 0.4) is 0 Å². The molecule has 84 valence electrons. The van der Waals surface area contributed by atoms with E-state index in [1.165, 1.54) is 0 Å². The maximum Gasteiger partial charge on any atom is 0.253 e. The van der Waals surface area contributed by atoms with Gasteiger partial charge in [-0.15, -0.1) is 4.48 Å². The van der Waals surface area contributed by atoms with Crippen molar-refractivity contribution in [3.8, 4) is 0 Å². The third-order valence-corrected chi connectivity index (χ3v) is 1.60. The van der Waals surface area contributed by atoms with Crippen LogP contribution in [0.4, 0.5) is 33.6 Å². The summed E-state index contributed by atoms with van der Waals surface area (Å²) in [6, 6.07) is 0. The fourth-order valence-electron chi connectivity index (χ4n) is 0.966. The summed E-state index contributed by atoms with van der Waals surface area (Å²) in [5, 5.41) is -0.882. The number of rotatable bonds is 2. The van der Waals surface area contributed by atoms with Crippen molar-refractivity contribution >= 4 is 11.5 Å². The Morgan fingerprint density at radius 1 is 0.933 bits per heavy atom. The average Bonchev–Trinajstić information content (AvgIpc) is 2.10. The van der Waals surface area contributed by atoms with E-state index in [4.69, 9.17) is 0 Å². The molecule has 1 aromatic rings. The molecule has 0 amide bonds. The summed E-state index contributed by atoms with van der Waals surface area (Å²) in [5.41, 5.74) is -1.33. The monoisotopic (exact) mass is 227 g/mol. The van der Waals surface area contributed by atoms with Crippen LogP contribution in [0.25, 0.3) is 0 Å². The molecule has 0 unspecified atom stereocenters. The molecule has 15 heavy (non-hydrogen) atoms. The highest BCUT2D eigenvalue weighted by Gasteiger charge is 2.25. The van der Waals surface area contributed by atoms with Crippen LogP contribution < -0.4 is 10.2 Å². The summed E-state index contributed by atoms with van der Waals surface area (Å²) in [5.74, 6) is -6.35. The normalized spacial score (nSPS) is 10.3. The molecular weight excluding hydrogens is 221 g/mol. The number of hydrogen-bond acceptors (Lipinski definition) is 3. The van der Waals surface area contributed by atoms with Gasteiger partial charge in [0.1, 0.15) is 5.69 Å². The van der Waals surface area contributed by atoms with Crippen LogP contribution in [0.2, 0.25) is 0 Å². The Morgan fingerprint density at radius 2 is 1.47 bits per heavy atom. The first-order valence-corrected chi connectivity index (χ1v) is 3.69. The molecule has 0 N–H and O–H groups in total. The first-order chi connectivity index (χ1) is 6.86. The summed E-state index contributed by atoms with van der Waals surface area (Å²) in [4.78, 5) is 2.66. The smallest absolute Gasteiger partial charge is 0.209 e. The number of nitrogens with zero attached hydrogens (tertiary/aromatic N) is 3. The number of halogens is 5. The van der Waals surface area contributed by atoms with E-state index in [0.29, 0.717) is 14.1 Å². The van der Waals surface area contributed by atoms with E-state index in [2.05, 4.69) is 4.98 Å². The molecule has 1 aromatic heterocycles. The van der Waals surface area contributed by atoms with Gasteiger partial charge in [-0.25, -0.2) is 9.51 Å². The average molecular weight is 227 g/mol. The van der Waals surface area contributed by atoms with Crippen molar-refractivity contribution in [1.29, 1.82) is 0 Å². The Hall–Kier alpha value is -1.60. The summed E-state index contributed by atoms with van der Waals surface area (Å²) in [6.45, 7) is 0. The molecule has 1 heterocycles. The van der Waals surface area contributed by atoms with Crippen LogP contribution in [0.1, 0.15) is 0 Å². The van der Waals surface area contributed by atoms with Gasteiger partial charge in [0.05, 0.1) is 0 Å². The highest BCUT2D eigenvalue weighted by atomic mass is 19.2. The van der Waals surface area contributed by atoms with Crippen molar-refractivity contribution < 1.29 is 22.1 Å². The van der Waals surface area contributed by atoms with Gasteiger partial charge in [0, 0.05) is 14.1 Å². The van der Waals surface area contributed by atoms with E-state index < -0.39 is 34.2 Å². The van der Waals surface area contributed by atoms with Crippen LogP contribution in [0.15, 0.2) is 0 Å². The lowest BCUT2D eigenvalue weighted by atomic mass is 10.3. The van der Waals surface area contributed by atoms with Crippen LogP contribution in [-0.2, 0) is 0 Å². The van der Waals surface area contributed by atoms with Crippen LogP contribution in [0.5, 0.6) is 0 Å². The molecule has 0 aliphatic heterocycles. The summed E-state index contributed by atoms with van der Waals surface area (Å²) in [7, 11) is 1.35. The molecule has 0 aromatic carbocycles. The van der Waals surface area contributed by atoms with Crippen LogP contribution in [-0.4, -0.2) is 19.1 Å². The molecule has 0 aliphatic rings. The summed E-state index contributed by atoms with van der Waals surface area (Å²) in [6.07, 6.45) is 0. The molecule has 0 spiro atoms. The molecule has 0 aliphatic carbocycles. The number of aromatic nitrogens is 1. The Labute approximate surface area is 81.6 Å². The van der Waals surface area contributed by atoms with Gasteiger partial charge in [-0.05, 0) is 0 Å². The maximum absolute atomic E-state index is 13.2. The minimum absolute atomic E-state index is 0.384. The topological polar surface area (TPSA) is 19.4 Å². The first-order valence-electron chi connectivity index (χ1n) is 3.69. The molecular formula is C7H6F5N3. The predicted octanol–water partition coefficient (Wildman–Crippen LogP) is 2.14. The molecule has 0 bridgehead atoms. The van der Waals surface area contributed by atoms with E-state index >= 15 is 0 Å². The minimum Gasteiger partial charge on any atom is -0.209 e. The predicted molar refractivity (Wildman–Crippen MR) is 43.1 cm³/mol. The Morgan fingerprint density at radius 3 is 1.87 bits per heavy atom. The van der Waals surface area contributed by atoms with Gasteiger partial charge in [-0.3, -0.25) is 0 Å². The van der Waals surface area contributed by atoms with Crippen molar-refractivity contribution in [1.82, 2.24) is 4.98 Å². The molecule has 0 fully saturated rings. The standard InChI is InChI=1S/C7H6F5N3/c1-14(11)5-3(8)6(10)13-7(4(5)9)15(2)12/h1-2H3. The summed E-state index contributed by atoms with van der Waals surface area (Å²) >= 11 is 0. The number of anilines is 2. The van der Waals surface area contributed by atoms with Crippen molar-refractivity contribution in [2.24, 2.45) is 0 Å². The zero-order valence-corrected chi connectivity index (χ0v) is 7.73. The van der Waals surface area contributed by atoms with Crippen LogP contribution in [0, 0.1) is 17.6 Å². The zero-order valence-electron chi connectivity index (χ0n) is 7.73. The second-order valence-corrected chi connectivity index (χ2v) is 2.66. The third kappa shape index (κ3) is 1.92. The van der Waals surface area contributed by atoms with Crippen molar-refractivity contribution in [3.05, 3.63) is 17.6 Å². The minimum atomic E-state index is -1.82. The lowest BCUT2D eigenvalue weighted by molar-refractivity contribution is 0.403. The summed E-state index contributed by atoms with van der Waals surface area (Å²) < 4.78 is 63.9. The SMILES string of the molecule is CN(F)c1nc(F)c(F)c(N(C)F)c1F. The Balaban J connectivity index is 3.49. The molecule has 0 atom stereocenters. The number of pyridine rings is 1. The largest absolute Gasteiger partial charge is 0.253 e. The highest BCUT2D eigenvalue weighted by molar-refractivity contribution is 5.55. The quantitative estimate of drug-likeness (QED) is 0.438. The van der Waals surface area contributed by atoms with E-state index in [1.807, 2.05) is 0 Å². The molecule has 0 radical (unpaired) electrons. The fraction of sp³-hybridized carbons (Fsp3) is 0.286. The van der Waals surface area contributed by atoms with E-state index in [9.17, 15) is 22.1 Å².